The van der Waals surface area contributed by atoms with Gasteiger partial charge in [-0.15, -0.1) is 0 Å². The minimum Gasteiger partial charge on any atom is -0.327 e. The molecular formula is C25H27Cl3N4O2. The molecule has 2 aromatic carbocycles. The van der Waals surface area contributed by atoms with Gasteiger partial charge in [-0.1, -0.05) is 67.7 Å². The summed E-state index contributed by atoms with van der Waals surface area (Å²) in [5, 5.41) is 8.72. The molecule has 0 radical (unpaired) electrons. The third-order valence-corrected chi connectivity index (χ3v) is 6.26. The second kappa shape index (κ2) is 10.4. The number of hydrogen-bond donors (Lipinski definition) is 1. The molecule has 9 heteroatoms. The Morgan fingerprint density at radius 3 is 2.26 bits per heavy atom. The van der Waals surface area contributed by atoms with Crippen molar-refractivity contribution in [2.24, 2.45) is 0 Å². The first-order chi connectivity index (χ1) is 15.9. The lowest BCUT2D eigenvalue weighted by molar-refractivity contribution is -0.117. The van der Waals surface area contributed by atoms with Gasteiger partial charge in [0.2, 0.25) is 5.91 Å². The normalized spacial score (nSPS) is 11.6. The Kier molecular flexibility index (Phi) is 7.96. The molecule has 0 bridgehead atoms. The molecule has 34 heavy (non-hydrogen) atoms. The summed E-state index contributed by atoms with van der Waals surface area (Å²) >= 11 is 18.5. The van der Waals surface area contributed by atoms with E-state index < -0.39 is 0 Å². The smallest absolute Gasteiger partial charge is 0.256 e. The summed E-state index contributed by atoms with van der Waals surface area (Å²) in [6.45, 7) is 9.63. The van der Waals surface area contributed by atoms with Crippen molar-refractivity contribution in [3.8, 4) is 5.69 Å². The minimum atomic E-state index is -0.365. The van der Waals surface area contributed by atoms with Crippen molar-refractivity contribution < 1.29 is 9.59 Å². The van der Waals surface area contributed by atoms with Crippen LogP contribution in [0.1, 0.15) is 50.7 Å². The second-order valence-electron chi connectivity index (χ2n) is 9.23. The standard InChI is InChI=1S/C25H27Cl3N4O2/c1-15(2)31(24(34)17-8-6-7-9-18(17)26)14-23(33)29-22-13-21(25(3,4)5)30-32(22)16-10-11-19(27)20(28)12-16/h6-13,15H,14H2,1-5H3,(H,29,33). The van der Waals surface area contributed by atoms with Crippen LogP contribution in [0.3, 0.4) is 0 Å². The largest absolute Gasteiger partial charge is 0.327 e. The number of anilines is 1. The van der Waals surface area contributed by atoms with Crippen LogP contribution in [0.2, 0.25) is 15.1 Å². The molecule has 1 aromatic heterocycles. The molecule has 180 valence electrons. The van der Waals surface area contributed by atoms with E-state index in [1.807, 2.05) is 40.7 Å². The van der Waals surface area contributed by atoms with E-state index >= 15 is 0 Å². The van der Waals surface area contributed by atoms with Crippen molar-refractivity contribution in [3.63, 3.8) is 0 Å². The molecular weight excluding hydrogens is 495 g/mol. The predicted molar refractivity (Wildman–Crippen MR) is 139 cm³/mol. The van der Waals surface area contributed by atoms with Crippen molar-refractivity contribution in [3.05, 3.63) is 74.9 Å². The van der Waals surface area contributed by atoms with Gasteiger partial charge < -0.3 is 10.2 Å². The number of nitrogens with one attached hydrogen (secondary N) is 1. The van der Waals surface area contributed by atoms with Crippen LogP contribution in [0, 0.1) is 0 Å². The summed E-state index contributed by atoms with van der Waals surface area (Å²) in [6, 6.07) is 13.5. The van der Waals surface area contributed by atoms with Gasteiger partial charge in [0.15, 0.2) is 0 Å². The molecule has 0 aliphatic heterocycles. The lowest BCUT2D eigenvalue weighted by Gasteiger charge is -2.26. The van der Waals surface area contributed by atoms with Crippen LogP contribution in [0.4, 0.5) is 5.82 Å². The van der Waals surface area contributed by atoms with Gasteiger partial charge in [0.25, 0.3) is 5.91 Å². The van der Waals surface area contributed by atoms with Crippen molar-refractivity contribution in [1.82, 2.24) is 14.7 Å². The number of amides is 2. The first kappa shape index (κ1) is 26.1. The molecule has 0 spiro atoms. The van der Waals surface area contributed by atoms with Gasteiger partial charge in [-0.3, -0.25) is 9.59 Å². The van der Waals surface area contributed by atoms with Crippen molar-refractivity contribution in [1.29, 1.82) is 0 Å². The highest BCUT2D eigenvalue weighted by molar-refractivity contribution is 6.42. The van der Waals surface area contributed by atoms with E-state index in [0.29, 0.717) is 32.1 Å². The Morgan fingerprint density at radius 2 is 1.68 bits per heavy atom. The first-order valence-electron chi connectivity index (χ1n) is 10.8. The fourth-order valence-corrected chi connectivity index (χ4v) is 3.77. The topological polar surface area (TPSA) is 67.2 Å². The van der Waals surface area contributed by atoms with E-state index in [0.717, 1.165) is 5.69 Å². The maximum absolute atomic E-state index is 13.1. The Hall–Kier alpha value is -2.54. The number of carbonyl (C=O) groups is 2. The lowest BCUT2D eigenvalue weighted by atomic mass is 9.92. The summed E-state index contributed by atoms with van der Waals surface area (Å²) in [7, 11) is 0. The van der Waals surface area contributed by atoms with E-state index in [4.69, 9.17) is 34.8 Å². The maximum atomic E-state index is 13.1. The van der Waals surface area contributed by atoms with Gasteiger partial charge in [0.1, 0.15) is 12.4 Å². The Labute approximate surface area is 214 Å². The van der Waals surface area contributed by atoms with E-state index in [1.54, 1.807) is 47.1 Å². The molecule has 0 aliphatic carbocycles. The Balaban J connectivity index is 1.90. The summed E-state index contributed by atoms with van der Waals surface area (Å²) in [5.74, 6) is -0.220. The second-order valence-corrected chi connectivity index (χ2v) is 10.5. The molecule has 2 amide bonds. The number of carbonyl (C=O) groups excluding carboxylic acids is 2. The number of benzene rings is 2. The number of halogens is 3. The van der Waals surface area contributed by atoms with E-state index in [2.05, 4.69) is 10.4 Å². The highest BCUT2D eigenvalue weighted by atomic mass is 35.5. The van der Waals surface area contributed by atoms with Crippen molar-refractivity contribution >= 4 is 52.4 Å². The van der Waals surface area contributed by atoms with E-state index in [-0.39, 0.29) is 29.8 Å². The SMILES string of the molecule is CC(C)N(CC(=O)Nc1cc(C(C)(C)C)nn1-c1ccc(Cl)c(Cl)c1)C(=O)c1ccccc1Cl. The van der Waals surface area contributed by atoms with Crippen LogP contribution in [0.5, 0.6) is 0 Å². The molecule has 6 nitrogen and oxygen atoms in total. The molecule has 0 saturated carbocycles. The zero-order valence-corrected chi connectivity index (χ0v) is 22.0. The van der Waals surface area contributed by atoms with Gasteiger partial charge in [-0.2, -0.15) is 5.10 Å². The quantitative estimate of drug-likeness (QED) is 0.396. The van der Waals surface area contributed by atoms with Gasteiger partial charge in [0.05, 0.1) is 32.0 Å². The summed E-state index contributed by atoms with van der Waals surface area (Å²) in [4.78, 5) is 27.7. The van der Waals surface area contributed by atoms with E-state index in [1.165, 1.54) is 4.90 Å². The number of aromatic nitrogens is 2. The minimum absolute atomic E-state index is 0.154. The van der Waals surface area contributed by atoms with Crippen LogP contribution in [-0.4, -0.2) is 39.1 Å². The molecule has 0 fully saturated rings. The summed E-state index contributed by atoms with van der Waals surface area (Å²) in [6.07, 6.45) is 0. The fraction of sp³-hybridized carbons (Fsp3) is 0.320. The van der Waals surface area contributed by atoms with Crippen LogP contribution in [0.25, 0.3) is 5.69 Å². The number of rotatable bonds is 6. The van der Waals surface area contributed by atoms with E-state index in [9.17, 15) is 9.59 Å². The summed E-state index contributed by atoms with van der Waals surface area (Å²) < 4.78 is 1.61. The molecule has 0 saturated heterocycles. The monoisotopic (exact) mass is 520 g/mol. The zero-order chi connectivity index (χ0) is 25.2. The molecule has 1 N–H and O–H groups in total. The van der Waals surface area contributed by atoms with Crippen molar-refractivity contribution in [2.45, 2.75) is 46.1 Å². The van der Waals surface area contributed by atoms with Gasteiger partial charge in [0, 0.05) is 17.5 Å². The molecule has 3 aromatic rings. The molecule has 0 aliphatic rings. The van der Waals surface area contributed by atoms with Crippen LogP contribution in [0.15, 0.2) is 48.5 Å². The van der Waals surface area contributed by atoms with Crippen molar-refractivity contribution in [2.75, 3.05) is 11.9 Å². The Bertz CT molecular complexity index is 1220. The third-order valence-electron chi connectivity index (χ3n) is 5.20. The Morgan fingerprint density at radius 1 is 1.00 bits per heavy atom. The molecule has 0 unspecified atom stereocenters. The lowest BCUT2D eigenvalue weighted by Crippen LogP contribution is -2.42. The van der Waals surface area contributed by atoms with Gasteiger partial charge >= 0.3 is 0 Å². The average molecular weight is 522 g/mol. The van der Waals surface area contributed by atoms with Gasteiger partial charge in [-0.05, 0) is 44.2 Å². The molecule has 0 atom stereocenters. The predicted octanol–water partition coefficient (Wildman–Crippen LogP) is 6.62. The molecule has 3 rings (SSSR count). The van der Waals surface area contributed by atoms with Crippen LogP contribution < -0.4 is 5.32 Å². The first-order valence-corrected chi connectivity index (χ1v) is 11.9. The fourth-order valence-electron chi connectivity index (χ4n) is 3.27. The molecule has 1 heterocycles. The summed E-state index contributed by atoms with van der Waals surface area (Å²) in [5.41, 5.74) is 1.52. The van der Waals surface area contributed by atoms with Crippen LogP contribution in [-0.2, 0) is 10.2 Å². The highest BCUT2D eigenvalue weighted by Crippen LogP contribution is 2.29. The average Bonchev–Trinajstić information content (AvgIpc) is 3.18. The number of hydrogen-bond acceptors (Lipinski definition) is 3. The third kappa shape index (κ3) is 5.93. The highest BCUT2D eigenvalue weighted by Gasteiger charge is 2.25. The number of nitrogens with zero attached hydrogens (tertiary/aromatic N) is 3. The zero-order valence-electron chi connectivity index (χ0n) is 19.7. The van der Waals surface area contributed by atoms with Gasteiger partial charge in [-0.25, -0.2) is 4.68 Å². The maximum Gasteiger partial charge on any atom is 0.256 e. The van der Waals surface area contributed by atoms with Crippen LogP contribution >= 0.6 is 34.8 Å².